The Balaban J connectivity index is 2.17. The molecule has 0 bridgehead atoms. The van der Waals surface area contributed by atoms with E-state index in [0.29, 0.717) is 11.8 Å². The third kappa shape index (κ3) is 4.15. The van der Waals surface area contributed by atoms with Crippen molar-refractivity contribution in [2.45, 2.75) is 20.8 Å². The summed E-state index contributed by atoms with van der Waals surface area (Å²) in [5, 5.41) is 13.9. The van der Waals surface area contributed by atoms with Crippen LogP contribution in [0, 0.1) is 0 Å². The summed E-state index contributed by atoms with van der Waals surface area (Å²) in [5.41, 5.74) is 1.54. The minimum absolute atomic E-state index is 0.107. The number of rotatable bonds is 6. The average Bonchev–Trinajstić information content (AvgIpc) is 2.48. The molecule has 0 atom stereocenters. The number of anilines is 4. The van der Waals surface area contributed by atoms with Gasteiger partial charge in [0.05, 0.1) is 6.20 Å². The van der Waals surface area contributed by atoms with E-state index in [1.165, 1.54) is 6.92 Å². The van der Waals surface area contributed by atoms with E-state index in [1.807, 2.05) is 43.0 Å². The molecule has 2 N–H and O–H groups in total. The van der Waals surface area contributed by atoms with Crippen molar-refractivity contribution in [3.63, 3.8) is 0 Å². The monoisotopic (exact) mass is 300 g/mol. The van der Waals surface area contributed by atoms with Crippen LogP contribution in [0.2, 0.25) is 0 Å². The summed E-state index contributed by atoms with van der Waals surface area (Å²) < 4.78 is 0. The van der Waals surface area contributed by atoms with Crippen LogP contribution in [0.4, 0.5) is 23.1 Å². The largest absolute Gasteiger partial charge is 0.340 e. The van der Waals surface area contributed by atoms with Gasteiger partial charge in [0.2, 0.25) is 11.9 Å². The highest BCUT2D eigenvalue weighted by Gasteiger charge is 2.07. The van der Waals surface area contributed by atoms with Crippen molar-refractivity contribution >= 4 is 29.0 Å². The number of aromatic nitrogens is 3. The van der Waals surface area contributed by atoms with Crippen LogP contribution in [0.25, 0.3) is 0 Å². The van der Waals surface area contributed by atoms with Gasteiger partial charge in [0.25, 0.3) is 0 Å². The van der Waals surface area contributed by atoms with Gasteiger partial charge in [-0.15, -0.1) is 5.10 Å². The van der Waals surface area contributed by atoms with Gasteiger partial charge in [0, 0.05) is 31.4 Å². The first-order valence-corrected chi connectivity index (χ1v) is 7.21. The molecule has 2 aromatic rings. The molecule has 22 heavy (non-hydrogen) atoms. The molecule has 0 spiro atoms. The topological polar surface area (TPSA) is 83.0 Å². The van der Waals surface area contributed by atoms with E-state index >= 15 is 0 Å². The van der Waals surface area contributed by atoms with Gasteiger partial charge < -0.3 is 15.5 Å². The second kappa shape index (κ2) is 7.35. The highest BCUT2D eigenvalue weighted by atomic mass is 16.1. The van der Waals surface area contributed by atoms with Crippen molar-refractivity contribution in [2.24, 2.45) is 0 Å². The normalized spacial score (nSPS) is 10.1. The summed E-state index contributed by atoms with van der Waals surface area (Å²) in [4.78, 5) is 17.6. The van der Waals surface area contributed by atoms with Crippen LogP contribution in [0.1, 0.15) is 20.8 Å². The number of benzene rings is 1. The summed E-state index contributed by atoms with van der Waals surface area (Å²) >= 11 is 0. The van der Waals surface area contributed by atoms with E-state index in [1.54, 1.807) is 6.20 Å². The number of hydrogen-bond donors (Lipinski definition) is 2. The first kappa shape index (κ1) is 15.7. The predicted molar refractivity (Wildman–Crippen MR) is 87.4 cm³/mol. The molecule has 0 fully saturated rings. The molecule has 0 aliphatic rings. The molecule has 0 aliphatic heterocycles. The molecule has 1 aromatic heterocycles. The molecular formula is C15H20N6O. The lowest BCUT2D eigenvalue weighted by atomic mass is 10.2. The van der Waals surface area contributed by atoms with E-state index in [4.69, 9.17) is 0 Å². The van der Waals surface area contributed by atoms with Crippen LogP contribution in [0.15, 0.2) is 30.5 Å². The van der Waals surface area contributed by atoms with Crippen LogP contribution in [-0.2, 0) is 4.79 Å². The Kier molecular flexibility index (Phi) is 5.24. The standard InChI is InChI=1S/C15H20N6O/c1-4-21(5-2)15-19-14(10-16-20-15)18-13-8-6-7-12(9-13)17-11(3)22/h6-10H,4-5H2,1-3H3,(H,17,22)(H,18,19,20). The van der Waals surface area contributed by atoms with Gasteiger partial charge in [0.15, 0.2) is 5.82 Å². The molecule has 7 nitrogen and oxygen atoms in total. The summed E-state index contributed by atoms with van der Waals surface area (Å²) in [6.45, 7) is 7.21. The molecule has 0 radical (unpaired) electrons. The van der Waals surface area contributed by atoms with Gasteiger partial charge in [-0.3, -0.25) is 4.79 Å². The maximum Gasteiger partial charge on any atom is 0.247 e. The van der Waals surface area contributed by atoms with Crippen LogP contribution < -0.4 is 15.5 Å². The first-order valence-electron chi connectivity index (χ1n) is 7.21. The Morgan fingerprint density at radius 3 is 2.64 bits per heavy atom. The van der Waals surface area contributed by atoms with E-state index in [2.05, 4.69) is 25.8 Å². The Labute approximate surface area is 129 Å². The molecule has 0 saturated carbocycles. The fourth-order valence-electron chi connectivity index (χ4n) is 2.02. The van der Waals surface area contributed by atoms with Gasteiger partial charge >= 0.3 is 0 Å². The van der Waals surface area contributed by atoms with Crippen molar-refractivity contribution in [2.75, 3.05) is 28.6 Å². The lowest BCUT2D eigenvalue weighted by molar-refractivity contribution is -0.114. The summed E-state index contributed by atoms with van der Waals surface area (Å²) in [7, 11) is 0. The summed E-state index contributed by atoms with van der Waals surface area (Å²) in [5.74, 6) is 1.09. The Bertz CT molecular complexity index is 641. The fourth-order valence-corrected chi connectivity index (χ4v) is 2.02. The second-order valence-electron chi connectivity index (χ2n) is 4.70. The lowest BCUT2D eigenvalue weighted by Crippen LogP contribution is -2.24. The van der Waals surface area contributed by atoms with E-state index < -0.39 is 0 Å². The molecule has 1 amide bonds. The third-order valence-electron chi connectivity index (χ3n) is 3.05. The van der Waals surface area contributed by atoms with Crippen molar-refractivity contribution in [1.29, 1.82) is 0 Å². The summed E-state index contributed by atoms with van der Waals surface area (Å²) in [6, 6.07) is 7.41. The molecule has 0 aliphatic carbocycles. The molecule has 1 aromatic carbocycles. The minimum atomic E-state index is -0.107. The zero-order chi connectivity index (χ0) is 15.9. The summed E-state index contributed by atoms with van der Waals surface area (Å²) in [6.07, 6.45) is 1.57. The van der Waals surface area contributed by atoms with Gasteiger partial charge in [0.1, 0.15) is 0 Å². The van der Waals surface area contributed by atoms with Crippen LogP contribution in [0.3, 0.4) is 0 Å². The maximum atomic E-state index is 11.1. The van der Waals surface area contributed by atoms with Crippen molar-refractivity contribution in [3.05, 3.63) is 30.5 Å². The van der Waals surface area contributed by atoms with E-state index in [-0.39, 0.29) is 5.91 Å². The zero-order valence-corrected chi connectivity index (χ0v) is 13.0. The third-order valence-corrected chi connectivity index (χ3v) is 3.05. The maximum absolute atomic E-state index is 11.1. The minimum Gasteiger partial charge on any atom is -0.340 e. The molecular weight excluding hydrogens is 280 g/mol. The Hall–Kier alpha value is -2.70. The van der Waals surface area contributed by atoms with Crippen molar-refractivity contribution in [1.82, 2.24) is 15.2 Å². The average molecular weight is 300 g/mol. The molecule has 1 heterocycles. The quantitative estimate of drug-likeness (QED) is 0.852. The molecule has 2 rings (SSSR count). The van der Waals surface area contributed by atoms with Crippen LogP contribution >= 0.6 is 0 Å². The van der Waals surface area contributed by atoms with Crippen LogP contribution in [0.5, 0.6) is 0 Å². The SMILES string of the molecule is CCN(CC)c1nncc(Nc2cccc(NC(C)=O)c2)n1. The fraction of sp³-hybridized carbons (Fsp3) is 0.333. The van der Waals surface area contributed by atoms with Gasteiger partial charge in [-0.2, -0.15) is 10.1 Å². The Morgan fingerprint density at radius 2 is 1.95 bits per heavy atom. The van der Waals surface area contributed by atoms with Crippen molar-refractivity contribution in [3.8, 4) is 0 Å². The first-order chi connectivity index (χ1) is 10.6. The molecule has 116 valence electrons. The highest BCUT2D eigenvalue weighted by Crippen LogP contribution is 2.19. The van der Waals surface area contributed by atoms with Crippen molar-refractivity contribution < 1.29 is 4.79 Å². The van der Waals surface area contributed by atoms with E-state index in [9.17, 15) is 4.79 Å². The number of carbonyl (C=O) groups is 1. The smallest absolute Gasteiger partial charge is 0.247 e. The molecule has 0 unspecified atom stereocenters. The van der Waals surface area contributed by atoms with Gasteiger partial charge in [-0.25, -0.2) is 0 Å². The highest BCUT2D eigenvalue weighted by molar-refractivity contribution is 5.89. The number of amides is 1. The second-order valence-corrected chi connectivity index (χ2v) is 4.70. The zero-order valence-electron chi connectivity index (χ0n) is 13.0. The van der Waals surface area contributed by atoms with Crippen LogP contribution in [-0.4, -0.2) is 34.2 Å². The Morgan fingerprint density at radius 1 is 1.23 bits per heavy atom. The van der Waals surface area contributed by atoms with Gasteiger partial charge in [-0.05, 0) is 32.0 Å². The van der Waals surface area contributed by atoms with E-state index in [0.717, 1.165) is 24.5 Å². The number of carbonyl (C=O) groups excluding carboxylic acids is 1. The molecule has 7 heteroatoms. The lowest BCUT2D eigenvalue weighted by Gasteiger charge is -2.18. The van der Waals surface area contributed by atoms with Gasteiger partial charge in [-0.1, -0.05) is 6.07 Å². The predicted octanol–water partition coefficient (Wildman–Crippen LogP) is 2.42. The number of nitrogens with one attached hydrogen (secondary N) is 2. The number of hydrogen-bond acceptors (Lipinski definition) is 6. The molecule has 0 saturated heterocycles. The number of nitrogens with zero attached hydrogens (tertiary/aromatic N) is 4.